The highest BCUT2D eigenvalue weighted by molar-refractivity contribution is 5.94. The Bertz CT molecular complexity index is 658. The number of amides is 2. The third kappa shape index (κ3) is 5.03. The Morgan fingerprint density at radius 2 is 1.92 bits per heavy atom. The Morgan fingerprint density at radius 1 is 1.24 bits per heavy atom. The largest absolute Gasteiger partial charge is 0.463 e. The smallest absolute Gasteiger partial charge is 0.337 e. The Balaban J connectivity index is 2.19. The minimum Gasteiger partial charge on any atom is -0.463 e. The van der Waals surface area contributed by atoms with Crippen LogP contribution >= 0.6 is 0 Å². The maximum atomic E-state index is 13.0. The molecule has 0 aromatic heterocycles. The maximum absolute atomic E-state index is 13.0. The number of ether oxygens (including phenoxy) is 1. The van der Waals surface area contributed by atoms with E-state index < -0.39 is 5.97 Å². The van der Waals surface area contributed by atoms with Crippen molar-refractivity contribution in [2.45, 2.75) is 32.9 Å². The number of hydrogen-bond acceptors (Lipinski definition) is 4. The third-order valence-electron chi connectivity index (χ3n) is 3.94. The maximum Gasteiger partial charge on any atom is 0.337 e. The summed E-state index contributed by atoms with van der Waals surface area (Å²) in [6.07, 6.45) is 0.590. The van der Waals surface area contributed by atoms with Crippen LogP contribution in [0.1, 0.15) is 25.8 Å². The lowest BCUT2D eigenvalue weighted by Gasteiger charge is -2.30. The van der Waals surface area contributed by atoms with E-state index in [0.29, 0.717) is 30.8 Å². The lowest BCUT2D eigenvalue weighted by Crippen LogP contribution is -2.51. The topological polar surface area (TPSA) is 70.7 Å². The van der Waals surface area contributed by atoms with Gasteiger partial charge in [-0.2, -0.15) is 0 Å². The molecule has 25 heavy (non-hydrogen) atoms. The molecule has 1 aromatic rings. The van der Waals surface area contributed by atoms with E-state index in [1.807, 2.05) is 18.9 Å². The molecular formula is C18H24FN3O3. The molecule has 1 aromatic carbocycles. The number of hydrogen-bond donors (Lipinski definition) is 2. The number of likely N-dealkylation sites (N-methyl/N-ethyl adjacent to an activating group) is 1. The van der Waals surface area contributed by atoms with Gasteiger partial charge in [0.15, 0.2) is 0 Å². The molecule has 2 amide bonds. The van der Waals surface area contributed by atoms with E-state index in [4.69, 9.17) is 4.74 Å². The lowest BCUT2D eigenvalue weighted by molar-refractivity contribution is -0.139. The molecule has 7 heteroatoms. The zero-order valence-corrected chi connectivity index (χ0v) is 14.8. The van der Waals surface area contributed by atoms with Crippen molar-refractivity contribution >= 4 is 12.0 Å². The molecule has 136 valence electrons. The van der Waals surface area contributed by atoms with E-state index in [9.17, 15) is 14.0 Å². The number of carbonyl (C=O) groups is 2. The molecule has 0 unspecified atom stereocenters. The van der Waals surface area contributed by atoms with Crippen molar-refractivity contribution in [1.29, 1.82) is 0 Å². The van der Waals surface area contributed by atoms with Crippen molar-refractivity contribution < 1.29 is 18.7 Å². The number of urea groups is 1. The second-order valence-corrected chi connectivity index (χ2v) is 5.97. The second kappa shape index (κ2) is 8.62. The fourth-order valence-electron chi connectivity index (χ4n) is 2.81. The summed E-state index contributed by atoms with van der Waals surface area (Å²) in [6.45, 7) is 4.84. The highest BCUT2D eigenvalue weighted by atomic mass is 19.1. The molecule has 2 N–H and O–H groups in total. The lowest BCUT2D eigenvalue weighted by atomic mass is 10.00. The first-order valence-electron chi connectivity index (χ1n) is 8.35. The standard InChI is InChI=1S/C18H24FN3O3/c1-4-14-16(17(23)25-5-2)15(21-18(24)20-14)11-22(3)10-12-6-8-13(19)9-7-12/h6-9,14H,4-5,10-11H2,1-3H3,(H2,20,21,24)/t14-/m0/s1. The van der Waals surface area contributed by atoms with Gasteiger partial charge < -0.3 is 15.4 Å². The van der Waals surface area contributed by atoms with Crippen molar-refractivity contribution in [1.82, 2.24) is 15.5 Å². The summed E-state index contributed by atoms with van der Waals surface area (Å²) in [4.78, 5) is 26.2. The first-order chi connectivity index (χ1) is 11.9. The van der Waals surface area contributed by atoms with Crippen LogP contribution in [0, 0.1) is 5.82 Å². The Labute approximate surface area is 147 Å². The van der Waals surface area contributed by atoms with E-state index in [2.05, 4.69) is 10.6 Å². The molecule has 0 bridgehead atoms. The molecule has 0 aliphatic carbocycles. The summed E-state index contributed by atoms with van der Waals surface area (Å²) >= 11 is 0. The molecule has 1 heterocycles. The monoisotopic (exact) mass is 349 g/mol. The number of nitrogens with one attached hydrogen (secondary N) is 2. The van der Waals surface area contributed by atoms with Gasteiger partial charge in [-0.25, -0.2) is 14.0 Å². The fourth-order valence-corrected chi connectivity index (χ4v) is 2.81. The van der Waals surface area contributed by atoms with Gasteiger partial charge in [0.25, 0.3) is 0 Å². The van der Waals surface area contributed by atoms with E-state index in [-0.39, 0.29) is 24.5 Å². The number of halogens is 1. The number of nitrogens with zero attached hydrogens (tertiary/aromatic N) is 1. The van der Waals surface area contributed by atoms with Gasteiger partial charge in [0.2, 0.25) is 0 Å². The molecule has 0 spiro atoms. The Hall–Kier alpha value is -2.41. The zero-order chi connectivity index (χ0) is 18.4. The van der Waals surface area contributed by atoms with Crippen LogP contribution in [0.2, 0.25) is 0 Å². The summed E-state index contributed by atoms with van der Waals surface area (Å²) in [6, 6.07) is 5.54. The van der Waals surface area contributed by atoms with Crippen LogP contribution in [0.4, 0.5) is 9.18 Å². The average Bonchev–Trinajstić information content (AvgIpc) is 2.56. The van der Waals surface area contributed by atoms with Gasteiger partial charge in [-0.3, -0.25) is 4.90 Å². The summed E-state index contributed by atoms with van der Waals surface area (Å²) in [7, 11) is 1.87. The van der Waals surface area contributed by atoms with Crippen LogP contribution in [0.25, 0.3) is 0 Å². The minimum atomic E-state index is -0.424. The molecule has 6 nitrogen and oxygen atoms in total. The van der Waals surface area contributed by atoms with Crippen LogP contribution < -0.4 is 10.6 Å². The van der Waals surface area contributed by atoms with Crippen LogP contribution in [-0.4, -0.2) is 43.1 Å². The molecule has 2 rings (SSSR count). The van der Waals surface area contributed by atoms with E-state index in [1.165, 1.54) is 12.1 Å². The van der Waals surface area contributed by atoms with E-state index >= 15 is 0 Å². The molecule has 0 saturated carbocycles. The van der Waals surface area contributed by atoms with Crippen LogP contribution in [0.3, 0.4) is 0 Å². The van der Waals surface area contributed by atoms with E-state index in [0.717, 1.165) is 5.56 Å². The molecule has 1 aliphatic rings. The normalized spacial score (nSPS) is 17.3. The number of esters is 1. The quantitative estimate of drug-likeness (QED) is 0.740. The van der Waals surface area contributed by atoms with Crippen molar-refractivity contribution in [2.24, 2.45) is 0 Å². The first kappa shape index (κ1) is 18.9. The van der Waals surface area contributed by atoms with Gasteiger partial charge in [0.1, 0.15) is 5.82 Å². The van der Waals surface area contributed by atoms with Gasteiger partial charge in [0, 0.05) is 18.8 Å². The molecule has 1 atom stereocenters. The number of benzene rings is 1. The predicted molar refractivity (Wildman–Crippen MR) is 92.1 cm³/mol. The van der Waals surface area contributed by atoms with Gasteiger partial charge in [-0.1, -0.05) is 19.1 Å². The van der Waals surface area contributed by atoms with Gasteiger partial charge >= 0.3 is 12.0 Å². The SMILES string of the molecule is CCOC(=O)C1=C(CN(C)Cc2ccc(F)cc2)NC(=O)N[C@H]1CC. The van der Waals surface area contributed by atoms with Crippen LogP contribution in [0.5, 0.6) is 0 Å². The van der Waals surface area contributed by atoms with Crippen molar-refractivity contribution in [2.75, 3.05) is 20.2 Å². The average molecular weight is 349 g/mol. The fraction of sp³-hybridized carbons (Fsp3) is 0.444. The second-order valence-electron chi connectivity index (χ2n) is 5.97. The zero-order valence-electron chi connectivity index (χ0n) is 14.8. The summed E-state index contributed by atoms with van der Waals surface area (Å²) in [5.74, 6) is -0.706. The number of rotatable bonds is 7. The highest BCUT2D eigenvalue weighted by Gasteiger charge is 2.31. The summed E-state index contributed by atoms with van der Waals surface area (Å²) in [5, 5.41) is 5.47. The van der Waals surface area contributed by atoms with Gasteiger partial charge in [-0.15, -0.1) is 0 Å². The number of carbonyl (C=O) groups excluding carboxylic acids is 2. The minimum absolute atomic E-state index is 0.269. The Kier molecular flexibility index (Phi) is 6.52. The van der Waals surface area contributed by atoms with E-state index in [1.54, 1.807) is 19.1 Å². The van der Waals surface area contributed by atoms with Gasteiger partial charge in [0.05, 0.1) is 18.2 Å². The third-order valence-corrected chi connectivity index (χ3v) is 3.94. The molecule has 0 saturated heterocycles. The first-order valence-corrected chi connectivity index (χ1v) is 8.35. The van der Waals surface area contributed by atoms with Crippen molar-refractivity contribution in [3.63, 3.8) is 0 Å². The predicted octanol–water partition coefficient (Wildman–Crippen LogP) is 2.17. The van der Waals surface area contributed by atoms with Crippen molar-refractivity contribution in [3.05, 3.63) is 46.9 Å². The summed E-state index contributed by atoms with van der Waals surface area (Å²) in [5.41, 5.74) is 1.93. The van der Waals surface area contributed by atoms with Crippen molar-refractivity contribution in [3.8, 4) is 0 Å². The Morgan fingerprint density at radius 3 is 2.52 bits per heavy atom. The highest BCUT2D eigenvalue weighted by Crippen LogP contribution is 2.18. The molecule has 1 aliphatic heterocycles. The summed E-state index contributed by atoms with van der Waals surface area (Å²) < 4.78 is 18.2. The molecule has 0 radical (unpaired) electrons. The molecule has 0 fully saturated rings. The van der Waals surface area contributed by atoms with Gasteiger partial charge in [-0.05, 0) is 38.1 Å². The molecular weight excluding hydrogens is 325 g/mol. The van der Waals surface area contributed by atoms with Crippen LogP contribution in [-0.2, 0) is 16.1 Å². The van der Waals surface area contributed by atoms with Crippen LogP contribution in [0.15, 0.2) is 35.5 Å².